The Morgan fingerprint density at radius 3 is 1.68 bits per heavy atom. The Morgan fingerprint density at radius 1 is 0.647 bits per heavy atom. The first-order valence-electron chi connectivity index (χ1n) is 11.4. The van der Waals surface area contributed by atoms with Crippen LogP contribution < -0.4 is 50.4 Å². The number of nitrogens with one attached hydrogen (secondary N) is 3. The van der Waals surface area contributed by atoms with Crippen molar-refractivity contribution >= 4 is 29.5 Å². The lowest BCUT2D eigenvalue weighted by Gasteiger charge is -2.23. The Balaban J connectivity index is 5.07. The smallest absolute Gasteiger partial charge is 0.243 e. The molecule has 14 heteroatoms. The number of carbonyl (C=O) groups is 5. The van der Waals surface area contributed by atoms with Crippen LogP contribution in [0.3, 0.4) is 0 Å². The predicted molar refractivity (Wildman–Crippen MR) is 126 cm³/mol. The molecule has 4 atom stereocenters. The highest BCUT2D eigenvalue weighted by atomic mass is 16.2. The third-order valence-electron chi connectivity index (χ3n) is 5.05. The monoisotopic (exact) mass is 487 g/mol. The van der Waals surface area contributed by atoms with Crippen LogP contribution in [0, 0.1) is 0 Å². The number of rotatable bonds is 19. The summed E-state index contributed by atoms with van der Waals surface area (Å²) in [5.41, 5.74) is 32.9. The molecule has 0 radical (unpaired) electrons. The van der Waals surface area contributed by atoms with E-state index in [9.17, 15) is 24.0 Å². The quantitative estimate of drug-likeness (QED) is 0.0796. The molecule has 0 spiro atoms. The molecule has 0 saturated carbocycles. The minimum atomic E-state index is -1.15. The average Bonchev–Trinajstić information content (AvgIpc) is 2.79. The van der Waals surface area contributed by atoms with Crippen LogP contribution in [0.1, 0.15) is 51.4 Å². The number of nitrogens with two attached hydrogens (primary N) is 6. The van der Waals surface area contributed by atoms with Crippen LogP contribution >= 0.6 is 0 Å². The van der Waals surface area contributed by atoms with Gasteiger partial charge in [0.05, 0.1) is 12.1 Å². The predicted octanol–water partition coefficient (Wildman–Crippen LogP) is -4.26. The molecule has 5 amide bonds. The summed E-state index contributed by atoms with van der Waals surface area (Å²) < 4.78 is 0. The van der Waals surface area contributed by atoms with Gasteiger partial charge in [0.1, 0.15) is 12.1 Å². The first-order valence-corrected chi connectivity index (χ1v) is 11.4. The van der Waals surface area contributed by atoms with Crippen LogP contribution in [0.5, 0.6) is 0 Å². The number of carbonyl (C=O) groups excluding carboxylic acids is 5. The van der Waals surface area contributed by atoms with E-state index in [1.165, 1.54) is 0 Å². The molecule has 0 heterocycles. The third-order valence-corrected chi connectivity index (χ3v) is 5.05. The number of primary amides is 2. The van der Waals surface area contributed by atoms with E-state index in [1.807, 2.05) is 0 Å². The van der Waals surface area contributed by atoms with E-state index < -0.39 is 47.8 Å². The summed E-state index contributed by atoms with van der Waals surface area (Å²) >= 11 is 0. The van der Waals surface area contributed by atoms with Gasteiger partial charge in [0, 0.05) is 13.0 Å². The molecule has 0 rings (SSSR count). The largest absolute Gasteiger partial charge is 0.370 e. The van der Waals surface area contributed by atoms with Crippen molar-refractivity contribution in [2.45, 2.75) is 75.5 Å². The summed E-state index contributed by atoms with van der Waals surface area (Å²) in [6.07, 6.45) is 2.12. The first kappa shape index (κ1) is 31.2. The molecule has 0 bridgehead atoms. The van der Waals surface area contributed by atoms with Crippen molar-refractivity contribution in [2.75, 3.05) is 19.6 Å². The molecule has 15 N–H and O–H groups in total. The minimum absolute atomic E-state index is 0.0795. The highest BCUT2D eigenvalue weighted by Crippen LogP contribution is 2.04. The van der Waals surface area contributed by atoms with Gasteiger partial charge < -0.3 is 50.4 Å². The number of amides is 5. The van der Waals surface area contributed by atoms with Crippen molar-refractivity contribution in [2.24, 2.45) is 34.4 Å². The Kier molecular flexibility index (Phi) is 16.2. The van der Waals surface area contributed by atoms with E-state index >= 15 is 0 Å². The molecule has 14 nitrogen and oxygen atoms in total. The second-order valence-electron chi connectivity index (χ2n) is 8.04. The molecular formula is C20H41N9O5. The van der Waals surface area contributed by atoms with Crippen LogP contribution in [0.2, 0.25) is 0 Å². The van der Waals surface area contributed by atoms with Crippen molar-refractivity contribution in [3.05, 3.63) is 0 Å². The van der Waals surface area contributed by atoms with E-state index in [1.54, 1.807) is 0 Å². The lowest BCUT2D eigenvalue weighted by molar-refractivity contribution is -0.132. The van der Waals surface area contributed by atoms with Gasteiger partial charge in [-0.15, -0.1) is 0 Å². The van der Waals surface area contributed by atoms with Gasteiger partial charge in [-0.25, -0.2) is 0 Å². The topological polar surface area (TPSA) is 278 Å². The second-order valence-corrected chi connectivity index (χ2v) is 8.04. The normalized spacial score (nSPS) is 14.4. The average molecular weight is 488 g/mol. The lowest BCUT2D eigenvalue weighted by Crippen LogP contribution is -2.55. The van der Waals surface area contributed by atoms with Crippen molar-refractivity contribution in [3.8, 4) is 0 Å². The SMILES string of the molecule is NCCCC(N)C(=O)NCCCC(NC(=O)C(N)CCCN)C(=O)NC(CCC(N)=O)C(N)=O. The molecule has 0 aromatic rings. The van der Waals surface area contributed by atoms with Gasteiger partial charge in [-0.3, -0.25) is 24.0 Å². The maximum Gasteiger partial charge on any atom is 0.243 e. The third kappa shape index (κ3) is 13.7. The summed E-state index contributed by atoms with van der Waals surface area (Å²) in [4.78, 5) is 59.9. The van der Waals surface area contributed by atoms with Gasteiger partial charge in [0.25, 0.3) is 0 Å². The molecular weight excluding hydrogens is 446 g/mol. The first-order chi connectivity index (χ1) is 16.0. The molecule has 0 aromatic heterocycles. The minimum Gasteiger partial charge on any atom is -0.370 e. The fourth-order valence-corrected chi connectivity index (χ4v) is 2.98. The van der Waals surface area contributed by atoms with E-state index in [-0.39, 0.29) is 31.7 Å². The highest BCUT2D eigenvalue weighted by molar-refractivity contribution is 5.92. The van der Waals surface area contributed by atoms with Gasteiger partial charge in [0.2, 0.25) is 29.5 Å². The fraction of sp³-hybridized carbons (Fsp3) is 0.750. The van der Waals surface area contributed by atoms with Crippen molar-refractivity contribution < 1.29 is 24.0 Å². The van der Waals surface area contributed by atoms with Gasteiger partial charge in [-0.05, 0) is 58.0 Å². The fourth-order valence-electron chi connectivity index (χ4n) is 2.98. The molecule has 4 unspecified atom stereocenters. The molecule has 0 aliphatic rings. The van der Waals surface area contributed by atoms with Crippen molar-refractivity contribution in [1.29, 1.82) is 0 Å². The molecule has 0 aromatic carbocycles. The molecule has 0 fully saturated rings. The zero-order valence-corrected chi connectivity index (χ0v) is 19.6. The number of hydrogen-bond acceptors (Lipinski definition) is 9. The van der Waals surface area contributed by atoms with Gasteiger partial charge in [-0.2, -0.15) is 0 Å². The van der Waals surface area contributed by atoms with E-state index in [2.05, 4.69) is 16.0 Å². The summed E-state index contributed by atoms with van der Waals surface area (Å²) in [6.45, 7) is 0.990. The molecule has 0 aliphatic carbocycles. The summed E-state index contributed by atoms with van der Waals surface area (Å²) in [5, 5.41) is 7.66. The summed E-state index contributed by atoms with van der Waals surface area (Å²) in [5.74, 6) is -3.09. The van der Waals surface area contributed by atoms with Crippen LogP contribution in [-0.2, 0) is 24.0 Å². The zero-order valence-electron chi connectivity index (χ0n) is 19.6. The second kappa shape index (κ2) is 17.6. The summed E-state index contributed by atoms with van der Waals surface area (Å²) in [7, 11) is 0. The molecule has 196 valence electrons. The van der Waals surface area contributed by atoms with Gasteiger partial charge in [-0.1, -0.05) is 0 Å². The Labute approximate surface area is 199 Å². The van der Waals surface area contributed by atoms with E-state index in [0.717, 1.165) is 0 Å². The maximum absolute atomic E-state index is 12.8. The Bertz CT molecular complexity index is 677. The standard InChI is InChI=1S/C20H41N9O5/c21-9-1-4-12(23)18(32)27-11-3-6-15(29-19(33)13(24)5-2-10-22)20(34)28-14(17(26)31)7-8-16(25)30/h12-15H,1-11,21-24H2,(H2,25,30)(H2,26,31)(H,27,32)(H,28,34)(H,29,33). The number of hydrogen-bond donors (Lipinski definition) is 9. The lowest BCUT2D eigenvalue weighted by atomic mass is 10.1. The molecule has 0 saturated heterocycles. The van der Waals surface area contributed by atoms with Crippen LogP contribution in [0.25, 0.3) is 0 Å². The van der Waals surface area contributed by atoms with E-state index in [4.69, 9.17) is 34.4 Å². The van der Waals surface area contributed by atoms with Crippen molar-refractivity contribution in [3.63, 3.8) is 0 Å². The van der Waals surface area contributed by atoms with Crippen LogP contribution in [0.4, 0.5) is 0 Å². The van der Waals surface area contributed by atoms with Crippen LogP contribution in [0.15, 0.2) is 0 Å². The van der Waals surface area contributed by atoms with Gasteiger partial charge >= 0.3 is 0 Å². The molecule has 34 heavy (non-hydrogen) atoms. The Morgan fingerprint density at radius 2 is 1.18 bits per heavy atom. The van der Waals surface area contributed by atoms with Gasteiger partial charge in [0.15, 0.2) is 0 Å². The Hall–Kier alpha value is -2.81. The van der Waals surface area contributed by atoms with Crippen LogP contribution in [-0.4, -0.2) is 73.3 Å². The maximum atomic E-state index is 12.8. The highest BCUT2D eigenvalue weighted by Gasteiger charge is 2.27. The molecule has 0 aliphatic heterocycles. The van der Waals surface area contributed by atoms with E-state index in [0.29, 0.717) is 45.2 Å². The summed E-state index contributed by atoms with van der Waals surface area (Å²) in [6, 6.07) is -3.77. The zero-order chi connectivity index (χ0) is 26.1. The van der Waals surface area contributed by atoms with Crippen molar-refractivity contribution in [1.82, 2.24) is 16.0 Å².